The van der Waals surface area contributed by atoms with Gasteiger partial charge in [0.05, 0.1) is 15.6 Å². The molecule has 0 aliphatic carbocycles. The molecule has 0 radical (unpaired) electrons. The zero-order valence-electron chi connectivity index (χ0n) is 27.1. The van der Waals surface area contributed by atoms with Crippen molar-refractivity contribution in [1.29, 1.82) is 0 Å². The van der Waals surface area contributed by atoms with Crippen LogP contribution in [-0.2, 0) is 30.9 Å². The third kappa shape index (κ3) is 7.66. The van der Waals surface area contributed by atoms with Crippen molar-refractivity contribution in [3.05, 3.63) is 79.6 Å². The maximum atomic E-state index is 12.8. The second-order valence-electron chi connectivity index (χ2n) is 11.5. The van der Waals surface area contributed by atoms with Crippen LogP contribution in [0.3, 0.4) is 0 Å². The topological polar surface area (TPSA) is 261 Å². The Labute approximate surface area is 331 Å². The molecule has 0 amide bonds. The Morgan fingerprint density at radius 2 is 1.27 bits per heavy atom. The Morgan fingerprint density at radius 1 is 0.727 bits per heavy atom. The largest absolute Gasteiger partial charge is 0.450 e. The van der Waals surface area contributed by atoms with Gasteiger partial charge in [0.25, 0.3) is 20.2 Å². The van der Waals surface area contributed by atoms with E-state index < -0.39 is 58.3 Å². The lowest BCUT2D eigenvalue weighted by molar-refractivity contribution is 0.428. The predicted molar refractivity (Wildman–Crippen MR) is 200 cm³/mol. The van der Waals surface area contributed by atoms with Gasteiger partial charge in [-0.25, -0.2) is 18.4 Å². The van der Waals surface area contributed by atoms with E-state index >= 15 is 0 Å². The van der Waals surface area contributed by atoms with Crippen LogP contribution in [-0.4, -0.2) is 61.9 Å². The molecular formula is C30H20Cl4N8O10S3. The van der Waals surface area contributed by atoms with Crippen LogP contribution in [0.5, 0.6) is 23.0 Å². The Morgan fingerprint density at radius 3 is 1.84 bits per heavy atom. The second-order valence-corrected chi connectivity index (χ2v) is 16.7. The fourth-order valence-corrected chi connectivity index (χ4v) is 8.34. The third-order valence-corrected chi connectivity index (χ3v) is 11.5. The van der Waals surface area contributed by atoms with Crippen molar-refractivity contribution in [2.45, 2.75) is 27.7 Å². The van der Waals surface area contributed by atoms with Crippen LogP contribution in [0.15, 0.2) is 73.2 Å². The summed E-state index contributed by atoms with van der Waals surface area (Å²) in [7, 11) is -12.7. The molecule has 25 heteroatoms. The molecule has 7 rings (SSSR count). The van der Waals surface area contributed by atoms with E-state index in [1.54, 1.807) is 6.92 Å². The molecule has 5 N–H and O–H groups in total. The molecule has 1 atom stereocenters. The lowest BCUT2D eigenvalue weighted by Crippen LogP contribution is -2.27. The number of nitrogens with zero attached hydrogens (tertiary/aromatic N) is 5. The quantitative estimate of drug-likeness (QED) is 0.0709. The fraction of sp³-hybridized carbons (Fsp3) is 0.100. The monoisotopic (exact) mass is 888 g/mol. The number of thiol groups is 1. The van der Waals surface area contributed by atoms with Gasteiger partial charge in [0.15, 0.2) is 43.5 Å². The summed E-state index contributed by atoms with van der Waals surface area (Å²) in [5.41, 5.74) is 0.189. The second kappa shape index (κ2) is 14.5. The zero-order valence-corrected chi connectivity index (χ0v) is 32.6. The normalized spacial score (nSPS) is 13.5. The minimum Gasteiger partial charge on any atom is -0.450 e. The van der Waals surface area contributed by atoms with Gasteiger partial charge >= 0.3 is 0 Å². The summed E-state index contributed by atoms with van der Waals surface area (Å²) >= 11 is 25.5. The van der Waals surface area contributed by atoms with E-state index in [0.717, 1.165) is 0 Å². The Kier molecular flexibility index (Phi) is 10.2. The number of aromatic nitrogens is 3. The van der Waals surface area contributed by atoms with Crippen molar-refractivity contribution < 1.29 is 43.8 Å². The highest BCUT2D eigenvalue weighted by Crippen LogP contribution is 2.48. The molecule has 0 bridgehead atoms. The molecule has 3 heterocycles. The SMILES string of the molecule is CC(CNc1ccc2c(c1S(=O)(=O)O)Oc1c(Cl)c3c(c(Cl)c1=N2)Oc1c(ccc(Cl)c1S(=O)(=O)O)N=3)Nc1nc(Cl)nc(Nc2ccc([SH](=O)=O)cc2)n1. The maximum absolute atomic E-state index is 12.8. The van der Waals surface area contributed by atoms with Gasteiger partial charge in [-0.2, -0.15) is 31.8 Å². The number of halogens is 4. The van der Waals surface area contributed by atoms with E-state index in [1.165, 1.54) is 48.5 Å². The third-order valence-electron chi connectivity index (χ3n) is 7.68. The highest BCUT2D eigenvalue weighted by atomic mass is 35.5. The molecule has 0 saturated carbocycles. The lowest BCUT2D eigenvalue weighted by Gasteiger charge is -2.24. The highest BCUT2D eigenvalue weighted by molar-refractivity contribution is 7.86. The summed E-state index contributed by atoms with van der Waals surface area (Å²) in [5, 5.41) is 7.49. The Balaban J connectivity index is 1.17. The van der Waals surface area contributed by atoms with E-state index in [2.05, 4.69) is 40.9 Å². The average Bonchev–Trinajstić information content (AvgIpc) is 3.10. The van der Waals surface area contributed by atoms with E-state index in [-0.39, 0.29) is 83.0 Å². The summed E-state index contributed by atoms with van der Waals surface area (Å²) in [5.74, 6) is -1.27. The Bertz CT molecular complexity index is 2900. The van der Waals surface area contributed by atoms with Crippen LogP contribution in [0.25, 0.3) is 0 Å². The molecule has 4 aromatic carbocycles. The molecule has 55 heavy (non-hydrogen) atoms. The standard InChI is InChI=1S/C30H20Cl4N8O10S3/c1-11(36-29-40-28(34)41-30(42-29)37-12-2-4-13(5-3-12)53(43)44)10-35-17-9-8-16-23(27(17)55(48,49)50)52-25-19(33)20-24(18(32)21(25)39-16)51-22-15(38-20)7-6-14(31)26(22)54(45,46)47/h2-9,11,35,53H,10H2,1H3,(H,45,46,47)(H,48,49,50)(H2,36,37,40,41,42). The molecule has 1 unspecified atom stereocenters. The van der Waals surface area contributed by atoms with Gasteiger partial charge in [0.2, 0.25) is 17.2 Å². The highest BCUT2D eigenvalue weighted by Gasteiger charge is 2.34. The van der Waals surface area contributed by atoms with Gasteiger partial charge in [-0.1, -0.05) is 34.8 Å². The van der Waals surface area contributed by atoms with Crippen molar-refractivity contribution >= 4 is 112 Å². The summed E-state index contributed by atoms with van der Waals surface area (Å²) in [6, 6.07) is 10.5. The molecule has 0 spiro atoms. The van der Waals surface area contributed by atoms with Crippen LogP contribution in [0.1, 0.15) is 6.92 Å². The van der Waals surface area contributed by atoms with Crippen molar-refractivity contribution in [1.82, 2.24) is 15.0 Å². The lowest BCUT2D eigenvalue weighted by atomic mass is 10.2. The number of benzene rings is 4. The first kappa shape index (κ1) is 38.7. The van der Waals surface area contributed by atoms with Crippen molar-refractivity contribution in [2.24, 2.45) is 9.98 Å². The van der Waals surface area contributed by atoms with Gasteiger partial charge in [0, 0.05) is 18.3 Å². The van der Waals surface area contributed by atoms with Crippen LogP contribution in [0, 0.1) is 0 Å². The smallest absolute Gasteiger partial charge is 0.300 e. The van der Waals surface area contributed by atoms with Crippen LogP contribution in [0.2, 0.25) is 20.4 Å². The molecule has 1 aromatic heterocycles. The van der Waals surface area contributed by atoms with E-state index in [1.807, 2.05) is 0 Å². The Hall–Kier alpha value is -4.58. The van der Waals surface area contributed by atoms with Crippen molar-refractivity contribution in [3.8, 4) is 23.0 Å². The van der Waals surface area contributed by atoms with Crippen LogP contribution >= 0.6 is 46.4 Å². The van der Waals surface area contributed by atoms with E-state index in [9.17, 15) is 34.4 Å². The number of anilines is 4. The van der Waals surface area contributed by atoms with Gasteiger partial charge in [0.1, 0.15) is 32.1 Å². The minimum absolute atomic E-state index is 0.0151. The maximum Gasteiger partial charge on any atom is 0.300 e. The molecule has 286 valence electrons. The number of nitrogens with one attached hydrogen (secondary N) is 3. The molecule has 0 saturated heterocycles. The number of hydrogen-bond acceptors (Lipinski definition) is 16. The molecule has 18 nitrogen and oxygen atoms in total. The van der Waals surface area contributed by atoms with E-state index in [0.29, 0.717) is 5.69 Å². The van der Waals surface area contributed by atoms with Crippen LogP contribution in [0.4, 0.5) is 34.6 Å². The fourth-order valence-electron chi connectivity index (χ4n) is 5.34. The van der Waals surface area contributed by atoms with Gasteiger partial charge in [-0.3, -0.25) is 9.11 Å². The summed E-state index contributed by atoms with van der Waals surface area (Å²) in [4.78, 5) is 19.7. The minimum atomic E-state index is -5.01. The van der Waals surface area contributed by atoms with Gasteiger partial charge < -0.3 is 25.4 Å². The van der Waals surface area contributed by atoms with Gasteiger partial charge in [-0.05, 0) is 67.1 Å². The van der Waals surface area contributed by atoms with Gasteiger partial charge in [-0.15, -0.1) is 0 Å². The first-order valence-corrected chi connectivity index (χ1v) is 20.7. The molecule has 5 aromatic rings. The molecular weight excluding hydrogens is 870 g/mol. The number of rotatable bonds is 10. The molecule has 2 aliphatic heterocycles. The van der Waals surface area contributed by atoms with E-state index in [4.69, 9.17) is 55.9 Å². The van der Waals surface area contributed by atoms with Crippen molar-refractivity contribution in [2.75, 3.05) is 22.5 Å². The van der Waals surface area contributed by atoms with Crippen molar-refractivity contribution in [3.63, 3.8) is 0 Å². The number of fused-ring (bicyclic) bond motifs is 4. The molecule has 0 fully saturated rings. The predicted octanol–water partition coefficient (Wildman–Crippen LogP) is 5.72. The first-order valence-electron chi connectivity index (χ1n) is 15.1. The summed E-state index contributed by atoms with van der Waals surface area (Å²) < 4.78 is 104. The summed E-state index contributed by atoms with van der Waals surface area (Å²) in [6.07, 6.45) is 0. The number of hydrogen-bond donors (Lipinski definition) is 6. The zero-order chi connectivity index (χ0) is 39.6. The average molecular weight is 891 g/mol. The summed E-state index contributed by atoms with van der Waals surface area (Å²) in [6.45, 7) is 1.72. The number of ether oxygens (including phenoxy) is 2. The molecule has 2 aliphatic rings. The van der Waals surface area contributed by atoms with Crippen LogP contribution < -0.4 is 36.1 Å². The first-order chi connectivity index (χ1) is 25.9.